The molecule has 3 rings (SSSR count). The Morgan fingerprint density at radius 3 is 2.72 bits per heavy atom. The number of rotatable bonds is 2. The normalized spacial score (nSPS) is 11.3. The standard InChI is InChI=1S/C15H16N2O/c1-10-4-5-15-13(8-10)6-7-17(15)9-14-11(2)16-18-12(14)3/h4-8H,9H2,1-3H3. The predicted octanol–water partition coefficient (Wildman–Crippen LogP) is 3.60. The maximum Gasteiger partial charge on any atom is 0.138 e. The van der Waals surface area contributed by atoms with Gasteiger partial charge < -0.3 is 9.09 Å². The van der Waals surface area contributed by atoms with Crippen LogP contribution >= 0.6 is 0 Å². The highest BCUT2D eigenvalue weighted by atomic mass is 16.5. The molecular weight excluding hydrogens is 224 g/mol. The lowest BCUT2D eigenvalue weighted by atomic mass is 10.2. The highest BCUT2D eigenvalue weighted by Gasteiger charge is 2.10. The van der Waals surface area contributed by atoms with Crippen LogP contribution in [0.3, 0.4) is 0 Å². The van der Waals surface area contributed by atoms with Crippen LogP contribution in [0.2, 0.25) is 0 Å². The summed E-state index contributed by atoms with van der Waals surface area (Å²) in [6, 6.07) is 8.68. The number of aromatic nitrogens is 2. The third kappa shape index (κ3) is 1.72. The molecule has 0 fully saturated rings. The fourth-order valence-electron chi connectivity index (χ4n) is 2.36. The predicted molar refractivity (Wildman–Crippen MR) is 71.8 cm³/mol. The molecule has 0 aliphatic rings. The third-order valence-corrected chi connectivity index (χ3v) is 3.44. The molecule has 2 aromatic heterocycles. The van der Waals surface area contributed by atoms with Gasteiger partial charge in [0.05, 0.1) is 12.2 Å². The maximum absolute atomic E-state index is 5.21. The molecule has 18 heavy (non-hydrogen) atoms. The van der Waals surface area contributed by atoms with Crippen molar-refractivity contribution < 1.29 is 4.52 Å². The minimum absolute atomic E-state index is 0.813. The van der Waals surface area contributed by atoms with Gasteiger partial charge in [0.2, 0.25) is 0 Å². The molecule has 0 bridgehead atoms. The maximum atomic E-state index is 5.21. The van der Waals surface area contributed by atoms with Crippen molar-refractivity contribution in [1.29, 1.82) is 0 Å². The quantitative estimate of drug-likeness (QED) is 0.685. The van der Waals surface area contributed by atoms with Crippen molar-refractivity contribution in [2.45, 2.75) is 27.3 Å². The smallest absolute Gasteiger partial charge is 0.138 e. The lowest BCUT2D eigenvalue weighted by Crippen LogP contribution is -1.99. The summed E-state index contributed by atoms with van der Waals surface area (Å²) in [6.07, 6.45) is 2.12. The summed E-state index contributed by atoms with van der Waals surface area (Å²) in [5, 5.41) is 5.28. The molecule has 1 aromatic carbocycles. The second-order valence-electron chi connectivity index (χ2n) is 4.81. The van der Waals surface area contributed by atoms with Gasteiger partial charge in [-0.25, -0.2) is 0 Å². The Hall–Kier alpha value is -2.03. The minimum Gasteiger partial charge on any atom is -0.361 e. The monoisotopic (exact) mass is 240 g/mol. The van der Waals surface area contributed by atoms with E-state index in [2.05, 4.69) is 47.1 Å². The van der Waals surface area contributed by atoms with Crippen LogP contribution in [0.1, 0.15) is 22.6 Å². The van der Waals surface area contributed by atoms with Gasteiger partial charge in [0.15, 0.2) is 0 Å². The molecule has 0 N–H and O–H groups in total. The molecule has 0 radical (unpaired) electrons. The van der Waals surface area contributed by atoms with Crippen molar-refractivity contribution in [3.63, 3.8) is 0 Å². The van der Waals surface area contributed by atoms with Crippen LogP contribution in [0.4, 0.5) is 0 Å². The summed E-state index contributed by atoms with van der Waals surface area (Å²) in [5.41, 5.74) is 4.69. The molecule has 0 spiro atoms. The van der Waals surface area contributed by atoms with Gasteiger partial charge in [-0.1, -0.05) is 16.8 Å². The lowest BCUT2D eigenvalue weighted by Gasteiger charge is -2.05. The van der Waals surface area contributed by atoms with Crippen LogP contribution in [0.5, 0.6) is 0 Å². The Labute approximate surface area is 106 Å². The van der Waals surface area contributed by atoms with Gasteiger partial charge in [-0.05, 0) is 44.4 Å². The summed E-state index contributed by atoms with van der Waals surface area (Å²) in [6.45, 7) is 6.88. The van der Waals surface area contributed by atoms with Crippen molar-refractivity contribution in [2.75, 3.05) is 0 Å². The molecule has 3 nitrogen and oxygen atoms in total. The second-order valence-corrected chi connectivity index (χ2v) is 4.81. The zero-order valence-corrected chi connectivity index (χ0v) is 10.9. The highest BCUT2D eigenvalue weighted by molar-refractivity contribution is 5.80. The number of hydrogen-bond acceptors (Lipinski definition) is 2. The van der Waals surface area contributed by atoms with Crippen molar-refractivity contribution in [1.82, 2.24) is 9.72 Å². The fourth-order valence-corrected chi connectivity index (χ4v) is 2.36. The van der Waals surface area contributed by atoms with E-state index in [1.807, 2.05) is 13.8 Å². The van der Waals surface area contributed by atoms with Crippen molar-refractivity contribution in [3.05, 3.63) is 53.0 Å². The molecule has 0 saturated heterocycles. The van der Waals surface area contributed by atoms with E-state index in [-0.39, 0.29) is 0 Å². The topological polar surface area (TPSA) is 31.0 Å². The van der Waals surface area contributed by atoms with Crippen LogP contribution in [0.15, 0.2) is 35.0 Å². The second kappa shape index (κ2) is 4.02. The van der Waals surface area contributed by atoms with E-state index < -0.39 is 0 Å². The van der Waals surface area contributed by atoms with E-state index in [9.17, 15) is 0 Å². The zero-order valence-electron chi connectivity index (χ0n) is 10.9. The van der Waals surface area contributed by atoms with Gasteiger partial charge in [-0.2, -0.15) is 0 Å². The number of fused-ring (bicyclic) bond motifs is 1. The average molecular weight is 240 g/mol. The summed E-state index contributed by atoms with van der Waals surface area (Å²) >= 11 is 0. The molecule has 3 aromatic rings. The van der Waals surface area contributed by atoms with E-state index in [4.69, 9.17) is 4.52 Å². The molecule has 0 amide bonds. The highest BCUT2D eigenvalue weighted by Crippen LogP contribution is 2.21. The number of hydrogen-bond donors (Lipinski definition) is 0. The first-order valence-electron chi connectivity index (χ1n) is 6.12. The van der Waals surface area contributed by atoms with Crippen LogP contribution in [0.25, 0.3) is 10.9 Å². The number of aryl methyl sites for hydroxylation is 3. The summed E-state index contributed by atoms with van der Waals surface area (Å²) in [7, 11) is 0. The molecule has 92 valence electrons. The van der Waals surface area contributed by atoms with Gasteiger partial charge >= 0.3 is 0 Å². The fraction of sp³-hybridized carbons (Fsp3) is 0.267. The van der Waals surface area contributed by atoms with Gasteiger partial charge in [-0.15, -0.1) is 0 Å². The van der Waals surface area contributed by atoms with Crippen LogP contribution < -0.4 is 0 Å². The number of benzene rings is 1. The Morgan fingerprint density at radius 1 is 1.17 bits per heavy atom. The molecule has 0 aliphatic carbocycles. The number of nitrogens with zero attached hydrogens (tertiary/aromatic N) is 2. The van der Waals surface area contributed by atoms with E-state index in [0.717, 1.165) is 18.0 Å². The first-order chi connectivity index (χ1) is 8.65. The Bertz CT molecular complexity index is 687. The molecule has 2 heterocycles. The molecule has 0 saturated carbocycles. The zero-order chi connectivity index (χ0) is 12.7. The van der Waals surface area contributed by atoms with Crippen LogP contribution in [-0.4, -0.2) is 9.72 Å². The Morgan fingerprint density at radius 2 is 2.00 bits per heavy atom. The van der Waals surface area contributed by atoms with E-state index >= 15 is 0 Å². The summed E-state index contributed by atoms with van der Waals surface area (Å²) < 4.78 is 7.45. The van der Waals surface area contributed by atoms with Crippen molar-refractivity contribution in [3.8, 4) is 0 Å². The van der Waals surface area contributed by atoms with Gasteiger partial charge in [0, 0.05) is 17.3 Å². The van der Waals surface area contributed by atoms with E-state index in [1.54, 1.807) is 0 Å². The third-order valence-electron chi connectivity index (χ3n) is 3.44. The summed E-state index contributed by atoms with van der Waals surface area (Å²) in [5.74, 6) is 0.904. The average Bonchev–Trinajstić information content (AvgIpc) is 2.87. The summed E-state index contributed by atoms with van der Waals surface area (Å²) in [4.78, 5) is 0. The van der Waals surface area contributed by atoms with E-state index in [0.29, 0.717) is 0 Å². The SMILES string of the molecule is Cc1ccc2c(ccn2Cc2c(C)noc2C)c1. The largest absolute Gasteiger partial charge is 0.361 e. The Balaban J connectivity index is 2.06. The van der Waals surface area contributed by atoms with Crippen LogP contribution in [0, 0.1) is 20.8 Å². The first-order valence-corrected chi connectivity index (χ1v) is 6.12. The van der Waals surface area contributed by atoms with Crippen molar-refractivity contribution >= 4 is 10.9 Å². The minimum atomic E-state index is 0.813. The first kappa shape index (κ1) is 11.1. The molecule has 0 atom stereocenters. The molecular formula is C15H16N2O. The molecule has 0 unspecified atom stereocenters. The van der Waals surface area contributed by atoms with Crippen molar-refractivity contribution in [2.24, 2.45) is 0 Å². The molecule has 0 aliphatic heterocycles. The van der Waals surface area contributed by atoms with Crippen LogP contribution in [-0.2, 0) is 6.54 Å². The van der Waals surface area contributed by atoms with Gasteiger partial charge in [-0.3, -0.25) is 0 Å². The van der Waals surface area contributed by atoms with Gasteiger partial charge in [0.25, 0.3) is 0 Å². The van der Waals surface area contributed by atoms with Gasteiger partial charge in [0.1, 0.15) is 5.76 Å². The molecule has 3 heteroatoms. The Kier molecular flexibility index (Phi) is 2.47. The lowest BCUT2D eigenvalue weighted by molar-refractivity contribution is 0.392. The van der Waals surface area contributed by atoms with E-state index in [1.165, 1.54) is 22.0 Å².